The lowest BCUT2D eigenvalue weighted by molar-refractivity contribution is -0.137. The summed E-state index contributed by atoms with van der Waals surface area (Å²) in [5, 5.41) is 12.7. The smallest absolute Gasteiger partial charge is 0.387 e. The van der Waals surface area contributed by atoms with E-state index in [1.165, 1.54) is 12.1 Å². The summed E-state index contributed by atoms with van der Waals surface area (Å²) in [5.74, 6) is -0.370. The van der Waals surface area contributed by atoms with Gasteiger partial charge in [0.2, 0.25) is 0 Å². The third-order valence-electron chi connectivity index (χ3n) is 4.33. The molecule has 0 fully saturated rings. The summed E-state index contributed by atoms with van der Waals surface area (Å²) >= 11 is 0. The fourth-order valence-electron chi connectivity index (χ4n) is 2.75. The van der Waals surface area contributed by atoms with Gasteiger partial charge in [0.1, 0.15) is 0 Å². The van der Waals surface area contributed by atoms with E-state index in [1.807, 2.05) is 42.5 Å². The van der Waals surface area contributed by atoms with Crippen molar-refractivity contribution in [2.45, 2.75) is 12.3 Å². The quantitative estimate of drug-likeness (QED) is 0.661. The summed E-state index contributed by atoms with van der Waals surface area (Å²) in [4.78, 5) is 12.2. The molecule has 0 bridgehead atoms. The Morgan fingerprint density at radius 3 is 2.00 bits per heavy atom. The molecule has 2 N–H and O–H groups in total. The molecule has 1 atom stereocenters. The number of hydrogen-bond acceptors (Lipinski definition) is 2. The van der Waals surface area contributed by atoms with Gasteiger partial charge in [-0.2, -0.15) is 13.2 Å². The average molecular weight is 385 g/mol. The SMILES string of the molecule is O=C(NC[C@@H](O)c1ccc(C(F)(F)F)cc1)c1ccc(-c2ccccc2)cc1. The summed E-state index contributed by atoms with van der Waals surface area (Å²) in [6.07, 6.45) is -5.53. The third kappa shape index (κ3) is 4.78. The van der Waals surface area contributed by atoms with E-state index in [4.69, 9.17) is 0 Å². The van der Waals surface area contributed by atoms with E-state index >= 15 is 0 Å². The summed E-state index contributed by atoms with van der Waals surface area (Å²) in [6.45, 7) is -0.107. The fourth-order valence-corrected chi connectivity index (χ4v) is 2.75. The van der Waals surface area contributed by atoms with Gasteiger partial charge in [0.05, 0.1) is 11.7 Å². The molecular weight excluding hydrogens is 367 g/mol. The van der Waals surface area contributed by atoms with E-state index < -0.39 is 17.8 Å². The van der Waals surface area contributed by atoms with Crippen molar-refractivity contribution in [1.82, 2.24) is 5.32 Å². The highest BCUT2D eigenvalue weighted by Crippen LogP contribution is 2.29. The van der Waals surface area contributed by atoms with Gasteiger partial charge < -0.3 is 10.4 Å². The van der Waals surface area contributed by atoms with Gasteiger partial charge in [-0.3, -0.25) is 4.79 Å². The van der Waals surface area contributed by atoms with Crippen molar-refractivity contribution in [1.29, 1.82) is 0 Å². The van der Waals surface area contributed by atoms with Crippen LogP contribution in [-0.2, 0) is 6.18 Å². The van der Waals surface area contributed by atoms with Crippen LogP contribution >= 0.6 is 0 Å². The molecule has 0 saturated carbocycles. The topological polar surface area (TPSA) is 49.3 Å². The highest BCUT2D eigenvalue weighted by atomic mass is 19.4. The molecule has 144 valence electrons. The first-order chi connectivity index (χ1) is 13.3. The molecule has 3 nitrogen and oxygen atoms in total. The summed E-state index contributed by atoms with van der Waals surface area (Å²) in [7, 11) is 0. The lowest BCUT2D eigenvalue weighted by atomic mass is 10.0. The van der Waals surface area contributed by atoms with Crippen molar-refractivity contribution in [2.75, 3.05) is 6.54 Å². The molecule has 0 spiro atoms. The molecule has 28 heavy (non-hydrogen) atoms. The zero-order chi connectivity index (χ0) is 20.1. The number of rotatable bonds is 5. The van der Waals surface area contributed by atoms with Crippen molar-refractivity contribution in [2.24, 2.45) is 0 Å². The number of hydrogen-bond donors (Lipinski definition) is 2. The van der Waals surface area contributed by atoms with Crippen molar-refractivity contribution >= 4 is 5.91 Å². The van der Waals surface area contributed by atoms with Crippen LogP contribution in [0.5, 0.6) is 0 Å². The standard InChI is InChI=1S/C22H18F3NO2/c23-22(24,25)19-12-10-17(11-13-19)20(27)14-26-21(28)18-8-6-16(7-9-18)15-4-2-1-3-5-15/h1-13,20,27H,14H2,(H,26,28)/t20-/m1/s1. The van der Waals surface area contributed by atoms with Crippen LogP contribution in [0.15, 0.2) is 78.9 Å². The predicted octanol–water partition coefficient (Wildman–Crippen LogP) is 4.84. The Morgan fingerprint density at radius 2 is 1.43 bits per heavy atom. The first-order valence-corrected chi connectivity index (χ1v) is 8.63. The second-order valence-corrected chi connectivity index (χ2v) is 6.29. The van der Waals surface area contributed by atoms with Crippen LogP contribution in [0.2, 0.25) is 0 Å². The Morgan fingerprint density at radius 1 is 0.857 bits per heavy atom. The lowest BCUT2D eigenvalue weighted by Gasteiger charge is -2.14. The van der Waals surface area contributed by atoms with Gasteiger partial charge in [0, 0.05) is 12.1 Å². The van der Waals surface area contributed by atoms with E-state index in [0.717, 1.165) is 23.3 Å². The Bertz CT molecular complexity index is 921. The number of carbonyl (C=O) groups excluding carboxylic acids is 1. The van der Waals surface area contributed by atoms with Crippen LogP contribution in [0.1, 0.15) is 27.6 Å². The Kier molecular flexibility index (Phi) is 5.80. The number of halogens is 3. The predicted molar refractivity (Wildman–Crippen MR) is 101 cm³/mol. The molecule has 3 aromatic rings. The molecule has 0 unspecified atom stereocenters. The Labute approximate surface area is 160 Å². The maximum atomic E-state index is 12.6. The molecule has 1 amide bonds. The van der Waals surface area contributed by atoms with Gasteiger partial charge in [-0.25, -0.2) is 0 Å². The highest BCUT2D eigenvalue weighted by molar-refractivity contribution is 5.94. The molecular formula is C22H18F3NO2. The molecule has 0 aliphatic rings. The number of aliphatic hydroxyl groups excluding tert-OH is 1. The molecule has 0 radical (unpaired) electrons. The lowest BCUT2D eigenvalue weighted by Crippen LogP contribution is -2.28. The zero-order valence-electron chi connectivity index (χ0n) is 14.8. The minimum absolute atomic E-state index is 0.107. The minimum Gasteiger partial charge on any atom is -0.387 e. The fraction of sp³-hybridized carbons (Fsp3) is 0.136. The largest absolute Gasteiger partial charge is 0.416 e. The Hall–Kier alpha value is -3.12. The van der Waals surface area contributed by atoms with Gasteiger partial charge in [-0.05, 0) is 41.0 Å². The summed E-state index contributed by atoms with van der Waals surface area (Å²) < 4.78 is 37.7. The number of carbonyl (C=O) groups is 1. The number of alkyl halides is 3. The van der Waals surface area contributed by atoms with E-state index in [-0.39, 0.29) is 12.5 Å². The molecule has 3 rings (SSSR count). The van der Waals surface area contributed by atoms with Crippen LogP contribution in [0, 0.1) is 0 Å². The van der Waals surface area contributed by atoms with Crippen molar-refractivity contribution in [3.63, 3.8) is 0 Å². The summed E-state index contributed by atoms with van der Waals surface area (Å²) in [6, 6.07) is 21.0. The van der Waals surface area contributed by atoms with Crippen LogP contribution in [0.4, 0.5) is 13.2 Å². The first-order valence-electron chi connectivity index (χ1n) is 8.63. The van der Waals surface area contributed by atoms with Gasteiger partial charge in [-0.15, -0.1) is 0 Å². The second-order valence-electron chi connectivity index (χ2n) is 6.29. The average Bonchev–Trinajstić information content (AvgIpc) is 2.72. The minimum atomic E-state index is -4.43. The van der Waals surface area contributed by atoms with Crippen LogP contribution < -0.4 is 5.32 Å². The molecule has 0 aromatic heterocycles. The number of amides is 1. The van der Waals surface area contributed by atoms with E-state index in [2.05, 4.69) is 5.32 Å². The number of aliphatic hydroxyl groups is 1. The van der Waals surface area contributed by atoms with E-state index in [0.29, 0.717) is 11.1 Å². The maximum Gasteiger partial charge on any atom is 0.416 e. The van der Waals surface area contributed by atoms with Gasteiger partial charge in [-0.1, -0.05) is 54.6 Å². The van der Waals surface area contributed by atoms with Crippen molar-refractivity contribution in [3.8, 4) is 11.1 Å². The molecule has 0 aliphatic carbocycles. The van der Waals surface area contributed by atoms with Gasteiger partial charge >= 0.3 is 6.18 Å². The first kappa shape index (κ1) is 19.6. The zero-order valence-corrected chi connectivity index (χ0v) is 14.8. The number of nitrogens with one attached hydrogen (secondary N) is 1. The van der Waals surface area contributed by atoms with Crippen molar-refractivity contribution in [3.05, 3.63) is 95.6 Å². The number of benzene rings is 3. The van der Waals surface area contributed by atoms with Gasteiger partial charge in [0.15, 0.2) is 0 Å². The molecule has 6 heteroatoms. The van der Waals surface area contributed by atoms with Gasteiger partial charge in [0.25, 0.3) is 5.91 Å². The molecule has 3 aromatic carbocycles. The van der Waals surface area contributed by atoms with Crippen LogP contribution in [-0.4, -0.2) is 17.6 Å². The van der Waals surface area contributed by atoms with Crippen LogP contribution in [0.25, 0.3) is 11.1 Å². The molecule has 0 aliphatic heterocycles. The normalized spacial score (nSPS) is 12.4. The monoisotopic (exact) mass is 385 g/mol. The molecule has 0 heterocycles. The summed E-state index contributed by atoms with van der Waals surface area (Å²) in [5.41, 5.74) is 1.95. The van der Waals surface area contributed by atoms with E-state index in [1.54, 1.807) is 12.1 Å². The second kappa shape index (κ2) is 8.27. The third-order valence-corrected chi connectivity index (χ3v) is 4.33. The van der Waals surface area contributed by atoms with Crippen LogP contribution in [0.3, 0.4) is 0 Å². The highest BCUT2D eigenvalue weighted by Gasteiger charge is 2.30. The maximum absolute atomic E-state index is 12.6. The van der Waals surface area contributed by atoms with Crippen molar-refractivity contribution < 1.29 is 23.1 Å². The molecule has 0 saturated heterocycles. The Balaban J connectivity index is 1.59. The van der Waals surface area contributed by atoms with E-state index in [9.17, 15) is 23.1 Å².